The topological polar surface area (TPSA) is 75.7 Å². The number of nitrogen functional groups attached to an aromatic ring is 1. The monoisotopic (exact) mass is 308 g/mol. The third-order valence-corrected chi connectivity index (χ3v) is 3.97. The van der Waals surface area contributed by atoms with E-state index in [2.05, 4.69) is 25.9 Å². The van der Waals surface area contributed by atoms with Crippen molar-refractivity contribution in [1.82, 2.24) is 9.97 Å². The maximum Gasteiger partial charge on any atom is 0.124 e. The maximum absolute atomic E-state index is 7.50. The van der Waals surface area contributed by atoms with Gasteiger partial charge < -0.3 is 5.73 Å². The molecule has 0 aliphatic rings. The Bertz CT molecular complexity index is 559. The van der Waals surface area contributed by atoms with E-state index in [1.165, 1.54) is 11.8 Å². The fourth-order valence-corrected chi connectivity index (χ4v) is 2.62. The molecule has 0 aliphatic carbocycles. The molecule has 0 aromatic carbocycles. The molecule has 2 aromatic heterocycles. The molecule has 0 radical (unpaired) electrons. The van der Waals surface area contributed by atoms with Crippen molar-refractivity contribution in [3.63, 3.8) is 0 Å². The van der Waals surface area contributed by atoms with Crippen LogP contribution in [0, 0.1) is 5.41 Å². The molecule has 0 amide bonds. The zero-order valence-corrected chi connectivity index (χ0v) is 11.1. The SMILES string of the molecule is N=C(N)c1ccncc1Sc1ncccc1Br. The molecule has 0 atom stereocenters. The van der Waals surface area contributed by atoms with Crippen LogP contribution in [-0.2, 0) is 0 Å². The van der Waals surface area contributed by atoms with Crippen molar-refractivity contribution < 1.29 is 0 Å². The molecule has 86 valence electrons. The van der Waals surface area contributed by atoms with Gasteiger partial charge in [0.05, 0.1) is 4.47 Å². The summed E-state index contributed by atoms with van der Waals surface area (Å²) < 4.78 is 0.906. The Labute approximate surface area is 111 Å². The number of hydrogen-bond donors (Lipinski definition) is 2. The quantitative estimate of drug-likeness (QED) is 0.675. The predicted octanol–water partition coefficient (Wildman–Crippen LogP) is 2.67. The van der Waals surface area contributed by atoms with Gasteiger partial charge in [-0.15, -0.1) is 0 Å². The number of pyridine rings is 2. The van der Waals surface area contributed by atoms with Crippen LogP contribution in [0.15, 0.2) is 51.2 Å². The summed E-state index contributed by atoms with van der Waals surface area (Å²) in [4.78, 5) is 9.11. The van der Waals surface area contributed by atoms with Crippen molar-refractivity contribution in [3.05, 3.63) is 46.8 Å². The van der Waals surface area contributed by atoms with Gasteiger partial charge in [0, 0.05) is 29.0 Å². The Morgan fingerprint density at radius 1 is 1.35 bits per heavy atom. The van der Waals surface area contributed by atoms with Crippen LogP contribution < -0.4 is 5.73 Å². The summed E-state index contributed by atoms with van der Waals surface area (Å²) in [5.74, 6) is 0.0296. The Morgan fingerprint density at radius 3 is 2.88 bits per heavy atom. The molecule has 6 heteroatoms. The van der Waals surface area contributed by atoms with Gasteiger partial charge in [0.1, 0.15) is 10.9 Å². The van der Waals surface area contributed by atoms with Gasteiger partial charge in [-0.05, 0) is 34.1 Å². The highest BCUT2D eigenvalue weighted by atomic mass is 79.9. The second kappa shape index (κ2) is 5.29. The number of rotatable bonds is 3. The molecular formula is C11H9BrN4S. The molecule has 0 saturated heterocycles. The summed E-state index contributed by atoms with van der Waals surface area (Å²) >= 11 is 4.85. The van der Waals surface area contributed by atoms with E-state index in [0.717, 1.165) is 14.4 Å². The van der Waals surface area contributed by atoms with Crippen molar-refractivity contribution >= 4 is 33.5 Å². The van der Waals surface area contributed by atoms with Crippen LogP contribution in [0.1, 0.15) is 5.56 Å². The van der Waals surface area contributed by atoms with Crippen molar-refractivity contribution in [3.8, 4) is 0 Å². The number of hydrogen-bond acceptors (Lipinski definition) is 4. The minimum Gasteiger partial charge on any atom is -0.384 e. The smallest absolute Gasteiger partial charge is 0.124 e. The van der Waals surface area contributed by atoms with Gasteiger partial charge in [-0.2, -0.15) is 0 Å². The third kappa shape index (κ3) is 2.83. The highest BCUT2D eigenvalue weighted by Gasteiger charge is 2.09. The average molecular weight is 309 g/mol. The predicted molar refractivity (Wildman–Crippen MR) is 71.3 cm³/mol. The number of nitrogens with one attached hydrogen (secondary N) is 1. The second-order valence-electron chi connectivity index (χ2n) is 3.18. The molecule has 2 rings (SSSR count). The largest absolute Gasteiger partial charge is 0.384 e. The first-order valence-electron chi connectivity index (χ1n) is 4.75. The zero-order chi connectivity index (χ0) is 12.3. The van der Waals surface area contributed by atoms with E-state index in [1.807, 2.05) is 12.1 Å². The van der Waals surface area contributed by atoms with Crippen LogP contribution in [-0.4, -0.2) is 15.8 Å². The van der Waals surface area contributed by atoms with Gasteiger partial charge in [0.2, 0.25) is 0 Å². The summed E-state index contributed by atoms with van der Waals surface area (Å²) in [6, 6.07) is 5.49. The number of halogens is 1. The molecule has 0 unspecified atom stereocenters. The van der Waals surface area contributed by atoms with Gasteiger partial charge in [-0.25, -0.2) is 4.98 Å². The summed E-state index contributed by atoms with van der Waals surface area (Å²) in [7, 11) is 0. The lowest BCUT2D eigenvalue weighted by Gasteiger charge is -2.07. The molecule has 0 fully saturated rings. The molecule has 2 heterocycles. The number of aromatic nitrogens is 2. The van der Waals surface area contributed by atoms with Crippen molar-refractivity contribution in [2.24, 2.45) is 5.73 Å². The highest BCUT2D eigenvalue weighted by Crippen LogP contribution is 2.32. The second-order valence-corrected chi connectivity index (χ2v) is 5.06. The number of nitrogens with zero attached hydrogens (tertiary/aromatic N) is 2. The first-order chi connectivity index (χ1) is 8.18. The lowest BCUT2D eigenvalue weighted by molar-refractivity contribution is 1.10. The third-order valence-electron chi connectivity index (χ3n) is 2.01. The normalized spacial score (nSPS) is 10.2. The first kappa shape index (κ1) is 12.1. The fraction of sp³-hybridized carbons (Fsp3) is 0. The van der Waals surface area contributed by atoms with E-state index in [4.69, 9.17) is 11.1 Å². The van der Waals surface area contributed by atoms with Gasteiger partial charge >= 0.3 is 0 Å². The van der Waals surface area contributed by atoms with E-state index < -0.39 is 0 Å². The fourth-order valence-electron chi connectivity index (χ4n) is 1.23. The summed E-state index contributed by atoms with van der Waals surface area (Å²) in [5.41, 5.74) is 6.19. The Morgan fingerprint density at radius 2 is 2.18 bits per heavy atom. The number of amidine groups is 1. The maximum atomic E-state index is 7.50. The van der Waals surface area contributed by atoms with Crippen LogP contribution in [0.3, 0.4) is 0 Å². The van der Waals surface area contributed by atoms with E-state index in [-0.39, 0.29) is 5.84 Å². The molecular weight excluding hydrogens is 300 g/mol. The van der Waals surface area contributed by atoms with E-state index in [9.17, 15) is 0 Å². The summed E-state index contributed by atoms with van der Waals surface area (Å²) in [5, 5.41) is 8.32. The van der Waals surface area contributed by atoms with Gasteiger partial charge in [-0.3, -0.25) is 10.4 Å². The average Bonchev–Trinajstić information content (AvgIpc) is 2.32. The van der Waals surface area contributed by atoms with Crippen LogP contribution in [0.2, 0.25) is 0 Å². The highest BCUT2D eigenvalue weighted by molar-refractivity contribution is 9.10. The molecule has 0 bridgehead atoms. The zero-order valence-electron chi connectivity index (χ0n) is 8.72. The molecule has 0 saturated carbocycles. The Hall–Kier alpha value is -1.40. The van der Waals surface area contributed by atoms with Crippen LogP contribution in [0.5, 0.6) is 0 Å². The van der Waals surface area contributed by atoms with Gasteiger partial charge in [0.25, 0.3) is 0 Å². The van der Waals surface area contributed by atoms with Crippen molar-refractivity contribution in [2.45, 2.75) is 9.92 Å². The summed E-state index contributed by atoms with van der Waals surface area (Å²) in [6.07, 6.45) is 5.02. The Balaban J connectivity index is 2.37. The standard InChI is InChI=1S/C11H9BrN4S/c12-8-2-1-4-16-11(8)17-9-6-15-5-3-7(9)10(13)14/h1-6H,(H3,13,14). The lowest BCUT2D eigenvalue weighted by Crippen LogP contribution is -2.12. The van der Waals surface area contributed by atoms with Gasteiger partial charge in [-0.1, -0.05) is 11.8 Å². The summed E-state index contributed by atoms with van der Waals surface area (Å²) in [6.45, 7) is 0. The lowest BCUT2D eigenvalue weighted by atomic mass is 10.2. The minimum atomic E-state index is 0.0296. The number of nitrogens with two attached hydrogens (primary N) is 1. The Kier molecular flexibility index (Phi) is 3.75. The van der Waals surface area contributed by atoms with E-state index in [1.54, 1.807) is 24.7 Å². The van der Waals surface area contributed by atoms with Crippen LogP contribution in [0.4, 0.5) is 0 Å². The molecule has 2 aromatic rings. The van der Waals surface area contributed by atoms with Crippen molar-refractivity contribution in [1.29, 1.82) is 5.41 Å². The molecule has 17 heavy (non-hydrogen) atoms. The molecule has 0 aliphatic heterocycles. The molecule has 4 nitrogen and oxygen atoms in total. The van der Waals surface area contributed by atoms with Gasteiger partial charge in [0.15, 0.2) is 0 Å². The van der Waals surface area contributed by atoms with E-state index in [0.29, 0.717) is 5.56 Å². The minimum absolute atomic E-state index is 0.0296. The molecule has 3 N–H and O–H groups in total. The van der Waals surface area contributed by atoms with Crippen LogP contribution >= 0.6 is 27.7 Å². The van der Waals surface area contributed by atoms with Crippen molar-refractivity contribution in [2.75, 3.05) is 0 Å². The molecule has 0 spiro atoms. The first-order valence-corrected chi connectivity index (χ1v) is 6.36. The van der Waals surface area contributed by atoms with Crippen LogP contribution in [0.25, 0.3) is 0 Å². The van der Waals surface area contributed by atoms with E-state index >= 15 is 0 Å².